The van der Waals surface area contributed by atoms with Crippen LogP contribution in [0.3, 0.4) is 0 Å². The van der Waals surface area contributed by atoms with E-state index in [4.69, 9.17) is 11.6 Å². The molecule has 11 heavy (non-hydrogen) atoms. The van der Waals surface area contributed by atoms with E-state index in [1.165, 1.54) is 19.3 Å². The van der Waals surface area contributed by atoms with Crippen LogP contribution in [0.15, 0.2) is 0 Å². The molecule has 0 aromatic carbocycles. The Hall–Kier alpha value is 0.290. The smallest absolute Gasteiger partial charge is 0.0485 e. The summed E-state index contributed by atoms with van der Waals surface area (Å²) in [5.41, 5.74) is 0. The minimum Gasteiger partial charge on any atom is -0.119 e. The van der Waals surface area contributed by atoms with E-state index in [9.17, 15) is 0 Å². The standard InChI is InChI=1S/C10H13Cl/c11-10-3-5-1-6(4-10)8-7(2-5)9(8)10/h5-9H,1-4H2. The van der Waals surface area contributed by atoms with Crippen LogP contribution in [-0.4, -0.2) is 4.87 Å². The first-order valence-electron chi connectivity index (χ1n) is 4.97. The molecule has 5 aliphatic carbocycles. The topological polar surface area (TPSA) is 0 Å². The normalized spacial score (nSPS) is 75.5. The van der Waals surface area contributed by atoms with Gasteiger partial charge in [0.05, 0.1) is 0 Å². The van der Waals surface area contributed by atoms with Gasteiger partial charge in [0.2, 0.25) is 0 Å². The molecule has 1 heteroatoms. The van der Waals surface area contributed by atoms with Gasteiger partial charge in [-0.1, -0.05) is 0 Å². The molecule has 6 unspecified atom stereocenters. The van der Waals surface area contributed by atoms with Crippen molar-refractivity contribution >= 4 is 11.6 Å². The summed E-state index contributed by atoms with van der Waals surface area (Å²) in [7, 11) is 0. The van der Waals surface area contributed by atoms with Crippen molar-refractivity contribution < 1.29 is 0 Å². The lowest BCUT2D eigenvalue weighted by Crippen LogP contribution is -2.38. The molecule has 0 saturated heterocycles. The Balaban J connectivity index is 1.90. The first kappa shape index (κ1) is 5.85. The third kappa shape index (κ3) is 0.482. The van der Waals surface area contributed by atoms with Gasteiger partial charge in [-0.05, 0) is 55.3 Å². The summed E-state index contributed by atoms with van der Waals surface area (Å²) in [6.45, 7) is 0. The van der Waals surface area contributed by atoms with Crippen LogP contribution < -0.4 is 0 Å². The highest BCUT2D eigenvalue weighted by atomic mass is 35.5. The molecule has 5 saturated carbocycles. The molecule has 0 nitrogen and oxygen atoms in total. The fourth-order valence-corrected chi connectivity index (χ4v) is 5.52. The summed E-state index contributed by atoms with van der Waals surface area (Å²) in [6.07, 6.45) is 5.81. The van der Waals surface area contributed by atoms with Gasteiger partial charge in [-0.3, -0.25) is 0 Å². The lowest BCUT2D eigenvalue weighted by atomic mass is 9.67. The average Bonchev–Trinajstić information content (AvgIpc) is 2.55. The highest BCUT2D eigenvalue weighted by Crippen LogP contribution is 2.78. The van der Waals surface area contributed by atoms with E-state index >= 15 is 0 Å². The highest BCUT2D eigenvalue weighted by Gasteiger charge is 2.74. The van der Waals surface area contributed by atoms with Crippen molar-refractivity contribution in [2.24, 2.45) is 29.6 Å². The second-order valence-corrected chi connectivity index (χ2v) is 6.06. The molecule has 0 aromatic rings. The zero-order valence-electron chi connectivity index (χ0n) is 6.59. The summed E-state index contributed by atoms with van der Waals surface area (Å²) in [5.74, 6) is 5.28. The van der Waals surface area contributed by atoms with E-state index in [1.807, 2.05) is 0 Å². The van der Waals surface area contributed by atoms with Crippen molar-refractivity contribution in [3.05, 3.63) is 0 Å². The van der Waals surface area contributed by atoms with Crippen LogP contribution in [0.2, 0.25) is 0 Å². The van der Waals surface area contributed by atoms with Gasteiger partial charge in [-0.25, -0.2) is 0 Å². The monoisotopic (exact) mass is 168 g/mol. The van der Waals surface area contributed by atoms with Gasteiger partial charge >= 0.3 is 0 Å². The molecule has 0 spiro atoms. The van der Waals surface area contributed by atoms with Crippen molar-refractivity contribution in [3.8, 4) is 0 Å². The molecule has 5 aliphatic rings. The fourth-order valence-electron chi connectivity index (χ4n) is 4.80. The maximum atomic E-state index is 6.62. The molecule has 5 fully saturated rings. The van der Waals surface area contributed by atoms with E-state index in [1.54, 1.807) is 6.42 Å². The summed E-state index contributed by atoms with van der Waals surface area (Å²) in [6, 6.07) is 0. The Bertz CT molecular complexity index is 237. The third-order valence-corrected chi connectivity index (χ3v) is 5.40. The molecular weight excluding hydrogens is 156 g/mol. The van der Waals surface area contributed by atoms with E-state index in [-0.39, 0.29) is 0 Å². The third-order valence-electron chi connectivity index (χ3n) is 4.84. The van der Waals surface area contributed by atoms with Crippen molar-refractivity contribution in [2.75, 3.05) is 0 Å². The lowest BCUT2D eigenvalue weighted by Gasteiger charge is -2.42. The van der Waals surface area contributed by atoms with Crippen LogP contribution in [0.5, 0.6) is 0 Å². The number of hydrogen-bond acceptors (Lipinski definition) is 0. The zero-order valence-corrected chi connectivity index (χ0v) is 7.35. The van der Waals surface area contributed by atoms with Crippen LogP contribution in [-0.2, 0) is 0 Å². The molecular formula is C10H13Cl. The minimum atomic E-state index is 0.321. The van der Waals surface area contributed by atoms with Gasteiger partial charge < -0.3 is 0 Å². The minimum absolute atomic E-state index is 0.321. The molecule has 6 atom stereocenters. The summed E-state index contributed by atoms with van der Waals surface area (Å²) in [5, 5.41) is 0. The molecule has 0 heterocycles. The summed E-state index contributed by atoms with van der Waals surface area (Å²) in [4.78, 5) is 0.321. The Morgan fingerprint density at radius 3 is 2.82 bits per heavy atom. The molecule has 0 amide bonds. The molecule has 4 bridgehead atoms. The number of hydrogen-bond donors (Lipinski definition) is 0. The van der Waals surface area contributed by atoms with Crippen LogP contribution >= 0.6 is 11.6 Å². The van der Waals surface area contributed by atoms with Crippen molar-refractivity contribution in [1.29, 1.82) is 0 Å². The summed E-state index contributed by atoms with van der Waals surface area (Å²) >= 11 is 6.62. The van der Waals surface area contributed by atoms with Crippen LogP contribution in [0.4, 0.5) is 0 Å². The van der Waals surface area contributed by atoms with Gasteiger partial charge in [0, 0.05) is 4.87 Å². The highest BCUT2D eigenvalue weighted by molar-refractivity contribution is 6.24. The van der Waals surface area contributed by atoms with E-state index in [0.717, 1.165) is 29.6 Å². The molecule has 0 aliphatic heterocycles. The van der Waals surface area contributed by atoms with Crippen molar-refractivity contribution in [1.82, 2.24) is 0 Å². The lowest BCUT2D eigenvalue weighted by molar-refractivity contribution is 0.143. The number of halogens is 1. The Kier molecular flexibility index (Phi) is 0.739. The van der Waals surface area contributed by atoms with Crippen molar-refractivity contribution in [2.45, 2.75) is 30.6 Å². The Morgan fingerprint density at radius 2 is 2.09 bits per heavy atom. The second-order valence-electron chi connectivity index (χ2n) is 5.31. The second kappa shape index (κ2) is 1.39. The largest absolute Gasteiger partial charge is 0.119 e. The SMILES string of the molecule is ClC12CC3CC(C1)C1C(C3)C12. The van der Waals surface area contributed by atoms with E-state index < -0.39 is 0 Å². The van der Waals surface area contributed by atoms with E-state index in [2.05, 4.69) is 0 Å². The number of rotatable bonds is 0. The van der Waals surface area contributed by atoms with Crippen LogP contribution in [0.25, 0.3) is 0 Å². The fraction of sp³-hybridized carbons (Fsp3) is 1.00. The first-order chi connectivity index (χ1) is 5.28. The molecule has 0 radical (unpaired) electrons. The van der Waals surface area contributed by atoms with Gasteiger partial charge in [0.25, 0.3) is 0 Å². The predicted octanol–water partition coefficient (Wildman–Crippen LogP) is 2.66. The van der Waals surface area contributed by atoms with Crippen molar-refractivity contribution in [3.63, 3.8) is 0 Å². The molecule has 0 aromatic heterocycles. The van der Waals surface area contributed by atoms with Gasteiger partial charge in [0.15, 0.2) is 0 Å². The van der Waals surface area contributed by atoms with E-state index in [0.29, 0.717) is 4.87 Å². The molecule has 5 rings (SSSR count). The molecule has 0 N–H and O–H groups in total. The number of alkyl halides is 1. The Morgan fingerprint density at radius 1 is 1.18 bits per heavy atom. The van der Waals surface area contributed by atoms with Gasteiger partial charge in [-0.2, -0.15) is 0 Å². The zero-order chi connectivity index (χ0) is 7.22. The maximum absolute atomic E-state index is 6.62. The quantitative estimate of drug-likeness (QED) is 0.488. The predicted molar refractivity (Wildman–Crippen MR) is 44.5 cm³/mol. The van der Waals surface area contributed by atoms with Crippen LogP contribution in [0.1, 0.15) is 25.7 Å². The van der Waals surface area contributed by atoms with Gasteiger partial charge in [-0.15, -0.1) is 11.6 Å². The first-order valence-corrected chi connectivity index (χ1v) is 5.35. The maximum Gasteiger partial charge on any atom is 0.0485 e. The van der Waals surface area contributed by atoms with Crippen LogP contribution in [0, 0.1) is 29.6 Å². The Labute approximate surface area is 72.3 Å². The molecule has 60 valence electrons. The average molecular weight is 169 g/mol. The summed E-state index contributed by atoms with van der Waals surface area (Å²) < 4.78 is 0. The van der Waals surface area contributed by atoms with Gasteiger partial charge in [0.1, 0.15) is 0 Å².